The third kappa shape index (κ3) is 3.79. The highest BCUT2D eigenvalue weighted by Gasteiger charge is 2.48. The molecule has 3 aromatic rings. The molecule has 5 rings (SSSR count). The van der Waals surface area contributed by atoms with Crippen LogP contribution in [0.2, 0.25) is 0 Å². The molecule has 2 aliphatic rings. The van der Waals surface area contributed by atoms with Crippen molar-refractivity contribution in [1.82, 2.24) is 34.4 Å². The van der Waals surface area contributed by atoms with Gasteiger partial charge in [-0.2, -0.15) is 0 Å². The molecular formula is C22H28N8O3S. The third-order valence-electron chi connectivity index (χ3n) is 6.83. The molecule has 1 unspecified atom stereocenters. The lowest BCUT2D eigenvalue weighted by atomic mass is 10.1. The summed E-state index contributed by atoms with van der Waals surface area (Å²) in [6, 6.07) is -0.544. The minimum atomic E-state index is -3.10. The SMILES string of the molecule is CCC(Nc1ncnc2c1nc(-c1cnc(C)nc1)n2CC)C(=O)N1C[C@H]2CCS(=O)(=O)[C@@H]2C1. The second-order valence-corrected chi connectivity index (χ2v) is 11.2. The lowest BCUT2D eigenvalue weighted by Crippen LogP contribution is -2.42. The zero-order valence-corrected chi connectivity index (χ0v) is 20.3. The van der Waals surface area contributed by atoms with Crippen molar-refractivity contribution in [3.05, 3.63) is 24.5 Å². The molecule has 2 fully saturated rings. The number of aromatic nitrogens is 6. The van der Waals surface area contributed by atoms with E-state index in [9.17, 15) is 13.2 Å². The van der Waals surface area contributed by atoms with Gasteiger partial charge in [0.1, 0.15) is 24.0 Å². The molecule has 0 bridgehead atoms. The van der Waals surface area contributed by atoms with Gasteiger partial charge >= 0.3 is 0 Å². The van der Waals surface area contributed by atoms with Crippen LogP contribution >= 0.6 is 0 Å². The molecule has 0 radical (unpaired) electrons. The molecule has 0 saturated carbocycles. The van der Waals surface area contributed by atoms with Gasteiger partial charge in [-0.3, -0.25) is 4.79 Å². The highest BCUT2D eigenvalue weighted by molar-refractivity contribution is 7.92. The second-order valence-electron chi connectivity index (χ2n) is 8.90. The van der Waals surface area contributed by atoms with E-state index in [2.05, 4.69) is 25.3 Å². The second kappa shape index (κ2) is 8.57. The van der Waals surface area contributed by atoms with E-state index in [0.29, 0.717) is 54.6 Å². The van der Waals surface area contributed by atoms with Crippen LogP contribution in [0.25, 0.3) is 22.6 Å². The van der Waals surface area contributed by atoms with E-state index < -0.39 is 21.1 Å². The Morgan fingerprint density at radius 1 is 1.18 bits per heavy atom. The van der Waals surface area contributed by atoms with Crippen LogP contribution in [0.1, 0.15) is 32.5 Å². The standard InChI is InChI=1S/C22H28N8O3S/c1-4-16(22(31)29-10-14-6-7-34(32,33)17(14)11-29)27-19-18-21(26-12-25-19)30(5-2)20(28-18)15-8-23-13(3)24-9-15/h8-9,12,14,16-17H,4-7,10-11H2,1-3H3,(H,25,26,27)/t14-,16?,17-/m1/s1. The fourth-order valence-corrected chi connectivity index (χ4v) is 7.12. The topological polar surface area (TPSA) is 136 Å². The number of hydrogen-bond donors (Lipinski definition) is 1. The summed E-state index contributed by atoms with van der Waals surface area (Å²) in [6.45, 7) is 7.14. The van der Waals surface area contributed by atoms with Crippen LogP contribution < -0.4 is 5.32 Å². The average molecular weight is 485 g/mol. The summed E-state index contributed by atoms with van der Waals surface area (Å²) < 4.78 is 26.6. The maximum Gasteiger partial charge on any atom is 0.245 e. The van der Waals surface area contributed by atoms with Crippen molar-refractivity contribution in [3.63, 3.8) is 0 Å². The Morgan fingerprint density at radius 3 is 2.62 bits per heavy atom. The number of nitrogens with one attached hydrogen (secondary N) is 1. The number of fused-ring (bicyclic) bond motifs is 2. The summed E-state index contributed by atoms with van der Waals surface area (Å²) in [5.41, 5.74) is 1.98. The van der Waals surface area contributed by atoms with Crippen molar-refractivity contribution in [1.29, 1.82) is 0 Å². The fraction of sp³-hybridized carbons (Fsp3) is 0.545. The van der Waals surface area contributed by atoms with E-state index in [4.69, 9.17) is 4.98 Å². The molecule has 2 aliphatic heterocycles. The van der Waals surface area contributed by atoms with Gasteiger partial charge in [0.2, 0.25) is 5.91 Å². The number of amides is 1. The van der Waals surface area contributed by atoms with Crippen LogP contribution in [0.4, 0.5) is 5.82 Å². The van der Waals surface area contributed by atoms with E-state index >= 15 is 0 Å². The Bertz CT molecular complexity index is 1340. The van der Waals surface area contributed by atoms with Gasteiger partial charge in [0.15, 0.2) is 26.8 Å². The van der Waals surface area contributed by atoms with Gasteiger partial charge in [-0.25, -0.2) is 33.3 Å². The Morgan fingerprint density at radius 2 is 1.94 bits per heavy atom. The van der Waals surface area contributed by atoms with Crippen molar-refractivity contribution in [3.8, 4) is 11.4 Å². The Hall–Kier alpha value is -3.15. The van der Waals surface area contributed by atoms with E-state index in [1.54, 1.807) is 17.3 Å². The van der Waals surface area contributed by atoms with Crippen LogP contribution in [-0.2, 0) is 21.2 Å². The lowest BCUT2D eigenvalue weighted by Gasteiger charge is -2.24. The first-order valence-electron chi connectivity index (χ1n) is 11.6. The Kier molecular flexibility index (Phi) is 5.70. The summed E-state index contributed by atoms with van der Waals surface area (Å²) in [5, 5.41) is 2.83. The number of nitrogens with zero attached hydrogens (tertiary/aromatic N) is 7. The van der Waals surface area contributed by atoms with Gasteiger partial charge in [-0.05, 0) is 32.6 Å². The zero-order valence-electron chi connectivity index (χ0n) is 19.5. The maximum absolute atomic E-state index is 13.3. The fourth-order valence-electron chi connectivity index (χ4n) is 4.97. The predicted octanol–water partition coefficient (Wildman–Crippen LogP) is 1.45. The monoisotopic (exact) mass is 484 g/mol. The van der Waals surface area contributed by atoms with Gasteiger partial charge in [-0.15, -0.1) is 0 Å². The Balaban J connectivity index is 1.43. The first-order valence-corrected chi connectivity index (χ1v) is 13.3. The zero-order chi connectivity index (χ0) is 24.0. The smallest absolute Gasteiger partial charge is 0.245 e. The maximum atomic E-state index is 13.3. The molecule has 0 aromatic carbocycles. The van der Waals surface area contributed by atoms with Gasteiger partial charge < -0.3 is 14.8 Å². The first-order chi connectivity index (χ1) is 16.3. The minimum Gasteiger partial charge on any atom is -0.356 e. The highest BCUT2D eigenvalue weighted by atomic mass is 32.2. The number of hydrogen-bond acceptors (Lipinski definition) is 9. The number of rotatable bonds is 6. The minimum absolute atomic E-state index is 0.0387. The molecule has 1 amide bonds. The predicted molar refractivity (Wildman–Crippen MR) is 127 cm³/mol. The van der Waals surface area contributed by atoms with Crippen LogP contribution in [0.3, 0.4) is 0 Å². The molecule has 1 N–H and O–H groups in total. The number of sulfone groups is 1. The number of likely N-dealkylation sites (tertiary alicyclic amines) is 1. The molecule has 11 nitrogen and oxygen atoms in total. The largest absolute Gasteiger partial charge is 0.356 e. The molecule has 0 aliphatic carbocycles. The number of imidazole rings is 1. The molecule has 2 saturated heterocycles. The van der Waals surface area contributed by atoms with Gasteiger partial charge in [-0.1, -0.05) is 6.92 Å². The first kappa shape index (κ1) is 22.6. The van der Waals surface area contributed by atoms with Crippen molar-refractivity contribution in [2.24, 2.45) is 5.92 Å². The van der Waals surface area contributed by atoms with Gasteiger partial charge in [0.25, 0.3) is 0 Å². The highest BCUT2D eigenvalue weighted by Crippen LogP contribution is 2.34. The molecule has 3 aromatic heterocycles. The van der Waals surface area contributed by atoms with Crippen LogP contribution in [0, 0.1) is 12.8 Å². The molecule has 12 heteroatoms. The van der Waals surface area contributed by atoms with E-state index in [1.807, 2.05) is 25.3 Å². The number of carbonyl (C=O) groups is 1. The number of anilines is 1. The van der Waals surface area contributed by atoms with Crippen LogP contribution in [0.15, 0.2) is 18.7 Å². The van der Waals surface area contributed by atoms with Gasteiger partial charge in [0.05, 0.1) is 16.6 Å². The molecular weight excluding hydrogens is 456 g/mol. The van der Waals surface area contributed by atoms with Crippen molar-refractivity contribution in [2.75, 3.05) is 24.2 Å². The van der Waals surface area contributed by atoms with Crippen LogP contribution in [0.5, 0.6) is 0 Å². The molecule has 0 spiro atoms. The molecule has 5 heterocycles. The van der Waals surface area contributed by atoms with Crippen molar-refractivity contribution < 1.29 is 13.2 Å². The van der Waals surface area contributed by atoms with Crippen LogP contribution in [-0.4, -0.2) is 78.8 Å². The lowest BCUT2D eigenvalue weighted by molar-refractivity contribution is -0.131. The molecule has 34 heavy (non-hydrogen) atoms. The Labute approximate surface area is 198 Å². The molecule has 3 atom stereocenters. The van der Waals surface area contributed by atoms with Crippen molar-refractivity contribution in [2.45, 2.75) is 51.4 Å². The summed E-state index contributed by atoms with van der Waals surface area (Å²) >= 11 is 0. The van der Waals surface area contributed by atoms with E-state index in [-0.39, 0.29) is 24.1 Å². The van der Waals surface area contributed by atoms with E-state index in [1.165, 1.54) is 6.33 Å². The van der Waals surface area contributed by atoms with Gasteiger partial charge in [0, 0.05) is 32.0 Å². The quantitative estimate of drug-likeness (QED) is 0.551. The summed E-state index contributed by atoms with van der Waals surface area (Å²) in [5.74, 6) is 1.98. The number of carbonyl (C=O) groups excluding carboxylic acids is 1. The molecule has 180 valence electrons. The van der Waals surface area contributed by atoms with E-state index in [0.717, 1.165) is 5.56 Å². The third-order valence-corrected chi connectivity index (χ3v) is 9.09. The summed E-state index contributed by atoms with van der Waals surface area (Å²) in [4.78, 5) is 37.2. The summed E-state index contributed by atoms with van der Waals surface area (Å²) in [7, 11) is -3.10. The average Bonchev–Trinajstić information content (AvgIpc) is 3.50. The normalized spacial score (nSPS) is 22.1. The van der Waals surface area contributed by atoms with Crippen molar-refractivity contribution >= 4 is 32.7 Å². The number of aryl methyl sites for hydroxylation is 2. The summed E-state index contributed by atoms with van der Waals surface area (Å²) in [6.07, 6.45) is 6.07.